The summed E-state index contributed by atoms with van der Waals surface area (Å²) in [6.07, 6.45) is 0.201. The van der Waals surface area contributed by atoms with Gasteiger partial charge in [0, 0.05) is 6.42 Å². The minimum atomic E-state index is -0.886. The highest BCUT2D eigenvalue weighted by molar-refractivity contribution is 5.40. The maximum atomic E-state index is 13.4. The summed E-state index contributed by atoms with van der Waals surface area (Å²) in [5, 5.41) is 18.1. The van der Waals surface area contributed by atoms with Gasteiger partial charge < -0.3 is 5.11 Å². The summed E-state index contributed by atoms with van der Waals surface area (Å²) in [4.78, 5) is 0. The van der Waals surface area contributed by atoms with Crippen molar-refractivity contribution in [2.24, 2.45) is 0 Å². The van der Waals surface area contributed by atoms with Gasteiger partial charge in [-0.2, -0.15) is 5.26 Å². The Balaban J connectivity index is 2.37. The number of rotatable bonds is 2. The number of halogens is 2. The summed E-state index contributed by atoms with van der Waals surface area (Å²) in [6, 6.07) is 10.2. The van der Waals surface area contributed by atoms with Crippen LogP contribution in [-0.4, -0.2) is 5.11 Å². The molecule has 2 nitrogen and oxygen atoms in total. The van der Waals surface area contributed by atoms with Gasteiger partial charge in [0.1, 0.15) is 29.0 Å². The Labute approximate surface area is 103 Å². The van der Waals surface area contributed by atoms with E-state index in [1.807, 2.05) is 0 Å². The zero-order valence-electron chi connectivity index (χ0n) is 9.32. The van der Waals surface area contributed by atoms with Crippen LogP contribution in [0.3, 0.4) is 0 Å². The van der Waals surface area contributed by atoms with Gasteiger partial charge in [0.05, 0.1) is 0 Å². The third-order valence-electron chi connectivity index (χ3n) is 2.60. The molecule has 0 aliphatic rings. The van der Waals surface area contributed by atoms with Crippen LogP contribution < -0.4 is 0 Å². The highest BCUT2D eigenvalue weighted by Crippen LogP contribution is 2.22. The van der Waals surface area contributed by atoms with Gasteiger partial charge in [-0.15, -0.1) is 0 Å². The van der Waals surface area contributed by atoms with E-state index < -0.39 is 17.2 Å². The van der Waals surface area contributed by atoms with Crippen molar-refractivity contribution in [3.05, 3.63) is 64.7 Å². The maximum absolute atomic E-state index is 13.4. The van der Waals surface area contributed by atoms with Crippen LogP contribution in [0.5, 0.6) is 5.75 Å². The smallest absolute Gasteiger partial charge is 0.144 e. The number of phenolic OH excluding ortho intramolecular Hbond substituents is 1. The first kappa shape index (κ1) is 12.1. The number of para-hydroxylation sites is 1. The second-order valence-corrected chi connectivity index (χ2v) is 3.85. The quantitative estimate of drug-likeness (QED) is 0.883. The molecule has 2 aromatic carbocycles. The molecule has 0 aromatic heterocycles. The fourth-order valence-corrected chi connectivity index (χ4v) is 1.71. The van der Waals surface area contributed by atoms with E-state index in [0.29, 0.717) is 11.1 Å². The van der Waals surface area contributed by atoms with Crippen molar-refractivity contribution in [1.82, 2.24) is 0 Å². The monoisotopic (exact) mass is 245 g/mol. The maximum Gasteiger partial charge on any atom is 0.144 e. The molecule has 0 spiro atoms. The molecule has 0 fully saturated rings. The number of hydrogen-bond donors (Lipinski definition) is 1. The second kappa shape index (κ2) is 4.84. The third-order valence-corrected chi connectivity index (χ3v) is 2.60. The first-order valence-electron chi connectivity index (χ1n) is 5.26. The Bertz CT molecular complexity index is 609. The summed E-state index contributed by atoms with van der Waals surface area (Å²) in [7, 11) is 0. The molecule has 4 heteroatoms. The molecule has 0 atom stereocenters. The average Bonchev–Trinajstić information content (AvgIpc) is 2.32. The minimum absolute atomic E-state index is 0.0719. The fraction of sp³-hybridized carbons (Fsp3) is 0.0714. The van der Waals surface area contributed by atoms with Crippen molar-refractivity contribution in [2.75, 3.05) is 0 Å². The van der Waals surface area contributed by atoms with Gasteiger partial charge in [0.25, 0.3) is 0 Å². The number of nitrogens with zero attached hydrogens (tertiary/aromatic N) is 1. The van der Waals surface area contributed by atoms with Gasteiger partial charge >= 0.3 is 0 Å². The molecule has 0 saturated heterocycles. The summed E-state index contributed by atoms with van der Waals surface area (Å²) in [6.45, 7) is 0. The van der Waals surface area contributed by atoms with E-state index in [0.717, 1.165) is 12.1 Å². The van der Waals surface area contributed by atoms with Crippen LogP contribution in [0.4, 0.5) is 8.78 Å². The predicted molar refractivity (Wildman–Crippen MR) is 62.0 cm³/mol. The Kier molecular flexibility index (Phi) is 3.24. The molecule has 2 aromatic rings. The second-order valence-electron chi connectivity index (χ2n) is 3.85. The SMILES string of the molecule is N#Cc1c(F)cc(Cc2ccccc2O)cc1F. The normalized spacial score (nSPS) is 10.1. The van der Waals surface area contributed by atoms with E-state index in [-0.39, 0.29) is 12.2 Å². The van der Waals surface area contributed by atoms with Crippen molar-refractivity contribution in [1.29, 1.82) is 5.26 Å². The van der Waals surface area contributed by atoms with Crippen LogP contribution >= 0.6 is 0 Å². The molecule has 0 heterocycles. The molecule has 0 saturated carbocycles. The third kappa shape index (κ3) is 2.30. The van der Waals surface area contributed by atoms with E-state index in [1.54, 1.807) is 18.2 Å². The van der Waals surface area contributed by atoms with Crippen LogP contribution in [0, 0.1) is 23.0 Å². The van der Waals surface area contributed by atoms with Gasteiger partial charge in [-0.3, -0.25) is 0 Å². The Morgan fingerprint density at radius 2 is 1.72 bits per heavy atom. The van der Waals surface area contributed by atoms with Crippen LogP contribution in [-0.2, 0) is 6.42 Å². The molecule has 0 radical (unpaired) electrons. The number of aromatic hydroxyl groups is 1. The van der Waals surface area contributed by atoms with Crippen LogP contribution in [0.15, 0.2) is 36.4 Å². The van der Waals surface area contributed by atoms with E-state index in [2.05, 4.69) is 0 Å². The van der Waals surface area contributed by atoms with E-state index in [1.165, 1.54) is 12.1 Å². The Morgan fingerprint density at radius 3 is 2.28 bits per heavy atom. The molecule has 0 aliphatic heterocycles. The summed E-state index contributed by atoms with van der Waals surface area (Å²) in [5.41, 5.74) is 0.350. The molecule has 0 amide bonds. The number of benzene rings is 2. The lowest BCUT2D eigenvalue weighted by atomic mass is 10.0. The van der Waals surface area contributed by atoms with Crippen molar-refractivity contribution in [2.45, 2.75) is 6.42 Å². The molecular weight excluding hydrogens is 236 g/mol. The van der Waals surface area contributed by atoms with Crippen molar-refractivity contribution in [3.63, 3.8) is 0 Å². The highest BCUT2D eigenvalue weighted by atomic mass is 19.1. The number of hydrogen-bond acceptors (Lipinski definition) is 2. The van der Waals surface area contributed by atoms with Gasteiger partial charge in [0.2, 0.25) is 0 Å². The Morgan fingerprint density at radius 1 is 1.11 bits per heavy atom. The highest BCUT2D eigenvalue weighted by Gasteiger charge is 2.11. The lowest BCUT2D eigenvalue weighted by molar-refractivity contribution is 0.469. The zero-order chi connectivity index (χ0) is 13.1. The number of nitriles is 1. The molecule has 2 rings (SSSR count). The van der Waals surface area contributed by atoms with Crippen molar-refractivity contribution in [3.8, 4) is 11.8 Å². The summed E-state index contributed by atoms with van der Waals surface area (Å²) in [5.74, 6) is -1.70. The van der Waals surface area contributed by atoms with Crippen LogP contribution in [0.1, 0.15) is 16.7 Å². The Hall–Kier alpha value is -2.41. The molecule has 18 heavy (non-hydrogen) atoms. The standard InChI is InChI=1S/C14H9F2NO/c15-12-6-9(7-13(16)11(12)8-17)5-10-3-1-2-4-14(10)18/h1-4,6-7,18H,5H2. The van der Waals surface area contributed by atoms with Gasteiger partial charge in [0.15, 0.2) is 0 Å². The fourth-order valence-electron chi connectivity index (χ4n) is 1.71. The molecule has 0 bridgehead atoms. The van der Waals surface area contributed by atoms with Crippen molar-refractivity contribution < 1.29 is 13.9 Å². The van der Waals surface area contributed by atoms with E-state index >= 15 is 0 Å². The van der Waals surface area contributed by atoms with Crippen LogP contribution in [0.2, 0.25) is 0 Å². The number of phenols is 1. The molecule has 90 valence electrons. The van der Waals surface area contributed by atoms with E-state index in [4.69, 9.17) is 5.26 Å². The lowest BCUT2D eigenvalue weighted by Crippen LogP contribution is -1.96. The first-order valence-corrected chi connectivity index (χ1v) is 5.26. The first-order chi connectivity index (χ1) is 8.61. The van der Waals surface area contributed by atoms with Gasteiger partial charge in [-0.05, 0) is 29.3 Å². The topological polar surface area (TPSA) is 44.0 Å². The zero-order valence-corrected chi connectivity index (χ0v) is 9.32. The minimum Gasteiger partial charge on any atom is -0.508 e. The molecule has 1 N–H and O–H groups in total. The van der Waals surface area contributed by atoms with Crippen molar-refractivity contribution >= 4 is 0 Å². The largest absolute Gasteiger partial charge is 0.508 e. The van der Waals surface area contributed by atoms with E-state index in [9.17, 15) is 13.9 Å². The van der Waals surface area contributed by atoms with Gasteiger partial charge in [-0.25, -0.2) is 8.78 Å². The molecular formula is C14H9F2NO. The summed E-state index contributed by atoms with van der Waals surface area (Å²) < 4.78 is 26.8. The average molecular weight is 245 g/mol. The van der Waals surface area contributed by atoms with Crippen LogP contribution in [0.25, 0.3) is 0 Å². The lowest BCUT2D eigenvalue weighted by Gasteiger charge is -2.06. The molecule has 0 unspecified atom stereocenters. The summed E-state index contributed by atoms with van der Waals surface area (Å²) >= 11 is 0. The van der Waals surface area contributed by atoms with Gasteiger partial charge in [-0.1, -0.05) is 18.2 Å². The molecule has 0 aliphatic carbocycles. The predicted octanol–water partition coefficient (Wildman–Crippen LogP) is 3.13.